The van der Waals surface area contributed by atoms with E-state index >= 15 is 0 Å². The number of aromatic nitrogens is 2. The fraction of sp³-hybridized carbons (Fsp3) is 0.609. The van der Waals surface area contributed by atoms with Gasteiger partial charge in [-0.3, -0.25) is 19.1 Å². The van der Waals surface area contributed by atoms with Gasteiger partial charge in [0.05, 0.1) is 10.9 Å². The normalized spacial score (nSPS) is 22.9. The highest BCUT2D eigenvalue weighted by atomic mass is 35.5. The monoisotopic (exact) mass is 446 g/mol. The first-order chi connectivity index (χ1) is 14.8. The summed E-state index contributed by atoms with van der Waals surface area (Å²) in [5, 5.41) is 0.896. The average Bonchev–Trinajstić information content (AvgIpc) is 2.77. The molecule has 2 fully saturated rings. The predicted molar refractivity (Wildman–Crippen MR) is 123 cm³/mol. The minimum absolute atomic E-state index is 0.0623. The van der Waals surface area contributed by atoms with Crippen LogP contribution in [-0.2, 0) is 11.3 Å². The number of halogens is 1. The molecule has 1 aromatic heterocycles. The molecule has 168 valence electrons. The second-order valence-corrected chi connectivity index (χ2v) is 9.64. The van der Waals surface area contributed by atoms with Crippen molar-refractivity contribution in [3.8, 4) is 0 Å². The van der Waals surface area contributed by atoms with Crippen LogP contribution in [0.4, 0.5) is 0 Å². The predicted octanol–water partition coefficient (Wildman–Crippen LogP) is 2.70. The van der Waals surface area contributed by atoms with Gasteiger partial charge in [-0.1, -0.05) is 11.6 Å². The summed E-state index contributed by atoms with van der Waals surface area (Å²) in [6.45, 7) is 8.26. The van der Waals surface area contributed by atoms with Crippen LogP contribution < -0.4 is 11.2 Å². The molecule has 7 nitrogen and oxygen atoms in total. The zero-order valence-electron chi connectivity index (χ0n) is 18.3. The highest BCUT2D eigenvalue weighted by Gasteiger charge is 2.31. The minimum Gasteiger partial charge on any atom is -0.340 e. The Morgan fingerprint density at radius 3 is 2.42 bits per heavy atom. The molecule has 1 saturated heterocycles. The molecule has 0 unspecified atom stereocenters. The fourth-order valence-electron chi connectivity index (χ4n) is 4.96. The first-order valence-corrected chi connectivity index (χ1v) is 11.7. The van der Waals surface area contributed by atoms with Gasteiger partial charge in [-0.2, -0.15) is 0 Å². The minimum atomic E-state index is -0.388. The van der Waals surface area contributed by atoms with Gasteiger partial charge < -0.3 is 9.88 Å². The highest BCUT2D eigenvalue weighted by Crippen LogP contribution is 2.31. The van der Waals surface area contributed by atoms with Gasteiger partial charge in [0.15, 0.2) is 0 Å². The maximum atomic E-state index is 13.0. The van der Waals surface area contributed by atoms with E-state index in [1.165, 1.54) is 4.57 Å². The van der Waals surface area contributed by atoms with Crippen molar-refractivity contribution in [2.75, 3.05) is 26.2 Å². The Hall–Kier alpha value is -2.12. The van der Waals surface area contributed by atoms with E-state index in [-0.39, 0.29) is 29.0 Å². The van der Waals surface area contributed by atoms with E-state index in [0.29, 0.717) is 28.5 Å². The summed E-state index contributed by atoms with van der Waals surface area (Å²) < 4.78 is 1.29. The number of nitrogens with zero attached hydrogens (tertiary/aromatic N) is 3. The molecule has 0 radical (unpaired) electrons. The van der Waals surface area contributed by atoms with Crippen LogP contribution in [0.3, 0.4) is 0 Å². The number of fused-ring (bicyclic) bond motifs is 1. The van der Waals surface area contributed by atoms with Crippen LogP contribution in [0, 0.1) is 11.8 Å². The number of rotatable bonds is 4. The molecule has 1 aliphatic carbocycles. The number of nitrogens with one attached hydrogen (secondary N) is 1. The number of hydrogen-bond donors (Lipinski definition) is 1. The molecule has 0 bridgehead atoms. The van der Waals surface area contributed by atoms with E-state index in [2.05, 4.69) is 23.7 Å². The topological polar surface area (TPSA) is 78.4 Å². The molecule has 1 amide bonds. The number of carbonyl (C=O) groups is 1. The van der Waals surface area contributed by atoms with Gasteiger partial charge in [0.2, 0.25) is 5.91 Å². The number of piperazine rings is 1. The Morgan fingerprint density at radius 2 is 1.77 bits per heavy atom. The zero-order chi connectivity index (χ0) is 22.1. The van der Waals surface area contributed by atoms with Gasteiger partial charge in [0, 0.05) is 49.7 Å². The smallest absolute Gasteiger partial charge is 0.328 e. The number of benzene rings is 1. The maximum absolute atomic E-state index is 13.0. The van der Waals surface area contributed by atoms with Crippen molar-refractivity contribution in [2.45, 2.75) is 52.1 Å². The third kappa shape index (κ3) is 4.72. The average molecular weight is 447 g/mol. The molecule has 1 saturated carbocycles. The van der Waals surface area contributed by atoms with Gasteiger partial charge in [-0.05, 0) is 63.6 Å². The SMILES string of the molecule is CC(C)N1CCN(C(=O)[C@H]2CC[C@H](Cn3c(=O)[nH]c4ccc(Cl)cc4c3=O)CC2)CC1. The Morgan fingerprint density at radius 1 is 1.10 bits per heavy atom. The van der Waals surface area contributed by atoms with Crippen molar-refractivity contribution in [3.05, 3.63) is 44.1 Å². The van der Waals surface area contributed by atoms with Gasteiger partial charge in [0.25, 0.3) is 5.56 Å². The summed E-state index contributed by atoms with van der Waals surface area (Å²) in [4.78, 5) is 45.5. The maximum Gasteiger partial charge on any atom is 0.328 e. The van der Waals surface area contributed by atoms with Crippen LogP contribution in [0.5, 0.6) is 0 Å². The Bertz CT molecular complexity index is 1060. The third-order valence-electron chi connectivity index (χ3n) is 6.94. The highest BCUT2D eigenvalue weighted by molar-refractivity contribution is 6.31. The molecule has 1 aromatic carbocycles. The van der Waals surface area contributed by atoms with Gasteiger partial charge in [0.1, 0.15) is 0 Å². The van der Waals surface area contributed by atoms with Crippen molar-refractivity contribution in [1.82, 2.24) is 19.4 Å². The van der Waals surface area contributed by atoms with Crippen LogP contribution >= 0.6 is 11.6 Å². The summed E-state index contributed by atoms with van der Waals surface area (Å²) in [5.41, 5.74) is -0.189. The van der Waals surface area contributed by atoms with E-state index in [4.69, 9.17) is 11.6 Å². The summed E-state index contributed by atoms with van der Waals surface area (Å²) in [7, 11) is 0. The molecule has 1 aliphatic heterocycles. The summed E-state index contributed by atoms with van der Waals surface area (Å²) in [5.74, 6) is 0.557. The second kappa shape index (κ2) is 9.17. The Balaban J connectivity index is 1.37. The van der Waals surface area contributed by atoms with Gasteiger partial charge in [-0.15, -0.1) is 0 Å². The molecule has 2 aliphatic rings. The lowest BCUT2D eigenvalue weighted by Crippen LogP contribution is -2.52. The number of carbonyl (C=O) groups excluding carboxylic acids is 1. The van der Waals surface area contributed by atoms with Crippen molar-refractivity contribution in [3.63, 3.8) is 0 Å². The lowest BCUT2D eigenvalue weighted by Gasteiger charge is -2.39. The first-order valence-electron chi connectivity index (χ1n) is 11.3. The van der Waals surface area contributed by atoms with Crippen molar-refractivity contribution in [2.24, 2.45) is 11.8 Å². The third-order valence-corrected chi connectivity index (χ3v) is 7.17. The largest absolute Gasteiger partial charge is 0.340 e. The number of aromatic amines is 1. The standard InChI is InChI=1S/C23H31ClN4O3/c1-15(2)26-9-11-27(12-10-26)21(29)17-5-3-16(4-6-17)14-28-22(30)19-13-18(24)7-8-20(19)25-23(28)31/h7-8,13,15-17H,3-6,9-12,14H2,1-2H3,(H,25,31)/t16-,17-. The molecule has 2 heterocycles. The Labute approximate surface area is 187 Å². The quantitative estimate of drug-likeness (QED) is 0.783. The van der Waals surface area contributed by atoms with E-state index in [1.54, 1.807) is 18.2 Å². The summed E-state index contributed by atoms with van der Waals surface area (Å²) >= 11 is 6.03. The van der Waals surface area contributed by atoms with Crippen molar-refractivity contribution in [1.29, 1.82) is 0 Å². The number of hydrogen-bond acceptors (Lipinski definition) is 4. The van der Waals surface area contributed by atoms with Crippen molar-refractivity contribution < 1.29 is 4.79 Å². The molecular weight excluding hydrogens is 416 g/mol. The molecule has 4 rings (SSSR count). The molecule has 2 aromatic rings. The van der Waals surface area contributed by atoms with Crippen LogP contribution in [0.25, 0.3) is 10.9 Å². The number of H-pyrrole nitrogens is 1. The van der Waals surface area contributed by atoms with Gasteiger partial charge in [-0.25, -0.2) is 4.79 Å². The number of amides is 1. The second-order valence-electron chi connectivity index (χ2n) is 9.21. The van der Waals surface area contributed by atoms with Crippen molar-refractivity contribution >= 4 is 28.4 Å². The fourth-order valence-corrected chi connectivity index (χ4v) is 5.13. The zero-order valence-corrected chi connectivity index (χ0v) is 19.0. The van der Waals surface area contributed by atoms with E-state index < -0.39 is 0 Å². The molecule has 0 spiro atoms. The Kier molecular flexibility index (Phi) is 6.53. The molecule has 31 heavy (non-hydrogen) atoms. The van der Waals surface area contributed by atoms with Crippen LogP contribution in [0.15, 0.2) is 27.8 Å². The first kappa shape index (κ1) is 22.1. The molecule has 1 N–H and O–H groups in total. The van der Waals surface area contributed by atoms with E-state index in [0.717, 1.165) is 51.9 Å². The molecule has 0 atom stereocenters. The molecule has 8 heteroatoms. The lowest BCUT2D eigenvalue weighted by molar-refractivity contribution is -0.139. The lowest BCUT2D eigenvalue weighted by atomic mass is 9.81. The van der Waals surface area contributed by atoms with E-state index in [9.17, 15) is 14.4 Å². The van der Waals surface area contributed by atoms with Crippen LogP contribution in [-0.4, -0.2) is 57.5 Å². The van der Waals surface area contributed by atoms with Crippen LogP contribution in [0.1, 0.15) is 39.5 Å². The van der Waals surface area contributed by atoms with Gasteiger partial charge >= 0.3 is 5.69 Å². The summed E-state index contributed by atoms with van der Waals surface area (Å²) in [6, 6.07) is 5.43. The van der Waals surface area contributed by atoms with Crippen LogP contribution in [0.2, 0.25) is 5.02 Å². The van der Waals surface area contributed by atoms with E-state index in [1.807, 2.05) is 4.90 Å². The summed E-state index contributed by atoms with van der Waals surface area (Å²) in [6.07, 6.45) is 3.34. The molecular formula is C23H31ClN4O3.